The van der Waals surface area contributed by atoms with Crippen molar-refractivity contribution in [2.45, 2.75) is 45.6 Å². The smallest absolute Gasteiger partial charge is 0.220 e. The number of nitrogens with one attached hydrogen (secondary N) is 1. The normalized spacial score (nSPS) is 17.7. The van der Waals surface area contributed by atoms with E-state index < -0.39 is 0 Å². The fourth-order valence-electron chi connectivity index (χ4n) is 4.10. The van der Waals surface area contributed by atoms with Gasteiger partial charge in [-0.1, -0.05) is 13.8 Å². The number of aromatic nitrogens is 4. The third kappa shape index (κ3) is 4.23. The predicted octanol–water partition coefficient (Wildman–Crippen LogP) is 3.51. The van der Waals surface area contributed by atoms with E-state index in [1.54, 1.807) is 23.0 Å². The molecule has 3 aromatic rings. The van der Waals surface area contributed by atoms with Gasteiger partial charge in [-0.3, -0.25) is 9.48 Å². The minimum absolute atomic E-state index is 0.0200. The lowest BCUT2D eigenvalue weighted by Crippen LogP contribution is -2.36. The highest BCUT2D eigenvalue weighted by atomic mass is 19.1. The maximum atomic E-state index is 13.3. The molecule has 0 saturated carbocycles. The van der Waals surface area contributed by atoms with Gasteiger partial charge in [-0.05, 0) is 54.5 Å². The van der Waals surface area contributed by atoms with Crippen LogP contribution in [-0.4, -0.2) is 25.5 Å². The Hall–Kier alpha value is -2.96. The second-order valence-electron chi connectivity index (χ2n) is 8.62. The number of hydrogen-bond donors (Lipinski definition) is 1. The summed E-state index contributed by atoms with van der Waals surface area (Å²) < 4.78 is 16.9. The second-order valence-corrected chi connectivity index (χ2v) is 8.62. The number of hydrogen-bond acceptors (Lipinski definition) is 3. The molecule has 1 amide bonds. The first-order chi connectivity index (χ1) is 13.8. The SMILES string of the molecule is Cn1cc(CCC(=O)N[C@H]2CC(C)(C)Cc3c2cnn3-c2ccc(F)cc2)cn1. The Morgan fingerprint density at radius 2 is 2.00 bits per heavy atom. The van der Waals surface area contributed by atoms with Gasteiger partial charge in [-0.2, -0.15) is 10.2 Å². The average molecular weight is 395 g/mol. The summed E-state index contributed by atoms with van der Waals surface area (Å²) in [4.78, 5) is 12.6. The number of benzene rings is 1. The molecule has 4 rings (SSSR count). The maximum Gasteiger partial charge on any atom is 0.220 e. The topological polar surface area (TPSA) is 64.7 Å². The van der Waals surface area contributed by atoms with E-state index in [4.69, 9.17) is 0 Å². The zero-order chi connectivity index (χ0) is 20.6. The molecule has 1 aliphatic carbocycles. The zero-order valence-electron chi connectivity index (χ0n) is 17.0. The first-order valence-electron chi connectivity index (χ1n) is 9.90. The van der Waals surface area contributed by atoms with Crippen LogP contribution in [0.3, 0.4) is 0 Å². The molecule has 0 radical (unpaired) electrons. The third-order valence-corrected chi connectivity index (χ3v) is 5.48. The molecule has 1 aromatic carbocycles. The fraction of sp³-hybridized carbons (Fsp3) is 0.409. The van der Waals surface area contributed by atoms with Crippen LogP contribution in [0.5, 0.6) is 0 Å². The lowest BCUT2D eigenvalue weighted by molar-refractivity contribution is -0.122. The number of rotatable bonds is 5. The molecule has 2 aromatic heterocycles. The van der Waals surface area contributed by atoms with Crippen LogP contribution in [0.25, 0.3) is 5.69 Å². The van der Waals surface area contributed by atoms with Gasteiger partial charge >= 0.3 is 0 Å². The molecular weight excluding hydrogens is 369 g/mol. The Labute approximate surface area is 169 Å². The van der Waals surface area contributed by atoms with Crippen LogP contribution >= 0.6 is 0 Å². The molecule has 0 saturated heterocycles. The van der Waals surface area contributed by atoms with Gasteiger partial charge < -0.3 is 5.32 Å². The highest BCUT2D eigenvalue weighted by Gasteiger charge is 2.35. The van der Waals surface area contributed by atoms with Crippen molar-refractivity contribution in [2.75, 3.05) is 0 Å². The van der Waals surface area contributed by atoms with Crippen LogP contribution in [0, 0.1) is 11.2 Å². The molecule has 6 nitrogen and oxygen atoms in total. The average Bonchev–Trinajstić information content (AvgIpc) is 3.26. The second kappa shape index (κ2) is 7.46. The first-order valence-corrected chi connectivity index (χ1v) is 9.90. The Balaban J connectivity index is 1.53. The van der Waals surface area contributed by atoms with Crippen LogP contribution in [0.2, 0.25) is 0 Å². The molecule has 0 aliphatic heterocycles. The summed E-state index contributed by atoms with van der Waals surface area (Å²) in [6.45, 7) is 4.40. The minimum Gasteiger partial charge on any atom is -0.349 e. The van der Waals surface area contributed by atoms with Crippen molar-refractivity contribution >= 4 is 5.91 Å². The van der Waals surface area contributed by atoms with Crippen LogP contribution in [0.15, 0.2) is 42.9 Å². The lowest BCUT2D eigenvalue weighted by atomic mass is 9.74. The molecule has 0 spiro atoms. The van der Waals surface area contributed by atoms with Crippen molar-refractivity contribution in [2.24, 2.45) is 12.5 Å². The number of carbonyl (C=O) groups excluding carboxylic acids is 1. The molecular formula is C22H26FN5O. The summed E-state index contributed by atoms with van der Waals surface area (Å²) in [5.74, 6) is -0.245. The number of fused-ring (bicyclic) bond motifs is 1. The van der Waals surface area contributed by atoms with Crippen molar-refractivity contribution < 1.29 is 9.18 Å². The van der Waals surface area contributed by atoms with Gasteiger partial charge in [0, 0.05) is 25.2 Å². The Morgan fingerprint density at radius 1 is 1.24 bits per heavy atom. The van der Waals surface area contributed by atoms with E-state index in [0.29, 0.717) is 12.8 Å². The predicted molar refractivity (Wildman–Crippen MR) is 108 cm³/mol. The van der Waals surface area contributed by atoms with Crippen LogP contribution in [0.4, 0.5) is 4.39 Å². The maximum absolute atomic E-state index is 13.3. The van der Waals surface area contributed by atoms with Crippen molar-refractivity contribution in [3.63, 3.8) is 0 Å². The summed E-state index contributed by atoms with van der Waals surface area (Å²) in [6.07, 6.45) is 8.35. The van der Waals surface area contributed by atoms with E-state index in [-0.39, 0.29) is 23.2 Å². The minimum atomic E-state index is -0.270. The van der Waals surface area contributed by atoms with Gasteiger partial charge in [0.05, 0.1) is 29.8 Å². The van der Waals surface area contributed by atoms with Crippen LogP contribution < -0.4 is 5.32 Å². The van der Waals surface area contributed by atoms with E-state index >= 15 is 0 Å². The molecule has 1 atom stereocenters. The first kappa shape index (κ1) is 19.4. The highest BCUT2D eigenvalue weighted by Crippen LogP contribution is 2.41. The van der Waals surface area contributed by atoms with Crippen LogP contribution in [0.1, 0.15) is 49.6 Å². The summed E-state index contributed by atoms with van der Waals surface area (Å²) in [6, 6.07) is 6.26. The molecule has 0 fully saturated rings. The largest absolute Gasteiger partial charge is 0.349 e. The molecule has 29 heavy (non-hydrogen) atoms. The zero-order valence-corrected chi connectivity index (χ0v) is 17.0. The molecule has 2 heterocycles. The number of amides is 1. The quantitative estimate of drug-likeness (QED) is 0.719. The summed E-state index contributed by atoms with van der Waals surface area (Å²) >= 11 is 0. The van der Waals surface area contributed by atoms with E-state index in [0.717, 1.165) is 35.3 Å². The summed E-state index contributed by atoms with van der Waals surface area (Å²) in [5, 5.41) is 11.9. The van der Waals surface area contributed by atoms with Crippen molar-refractivity contribution in [1.82, 2.24) is 24.9 Å². The van der Waals surface area contributed by atoms with Gasteiger partial charge in [-0.25, -0.2) is 9.07 Å². The molecule has 0 bridgehead atoms. The van der Waals surface area contributed by atoms with Crippen molar-refractivity contribution in [3.05, 3.63) is 65.5 Å². The Kier molecular flexibility index (Phi) is 4.98. The molecule has 7 heteroatoms. The van der Waals surface area contributed by atoms with E-state index in [1.807, 2.05) is 24.1 Å². The Morgan fingerprint density at radius 3 is 2.69 bits per heavy atom. The van der Waals surface area contributed by atoms with Gasteiger partial charge in [0.1, 0.15) is 5.82 Å². The number of nitrogens with zero attached hydrogens (tertiary/aromatic N) is 4. The highest BCUT2D eigenvalue weighted by molar-refractivity contribution is 5.76. The summed E-state index contributed by atoms with van der Waals surface area (Å²) in [7, 11) is 1.87. The third-order valence-electron chi connectivity index (χ3n) is 5.48. The fourth-order valence-corrected chi connectivity index (χ4v) is 4.10. The van der Waals surface area contributed by atoms with E-state index in [2.05, 4.69) is 29.4 Å². The van der Waals surface area contributed by atoms with Crippen molar-refractivity contribution in [3.8, 4) is 5.69 Å². The standard InChI is InChI=1S/C22H26FN5O/c1-22(2)10-19(26-21(29)9-4-15-12-24-27(3)14-15)18-13-25-28(20(18)11-22)17-7-5-16(23)6-8-17/h5-8,12-14,19H,4,9-11H2,1-3H3,(H,26,29)/t19-/m0/s1. The van der Waals surface area contributed by atoms with Crippen molar-refractivity contribution in [1.29, 1.82) is 0 Å². The van der Waals surface area contributed by atoms with Gasteiger partial charge in [0.15, 0.2) is 0 Å². The van der Waals surface area contributed by atoms with E-state index in [9.17, 15) is 9.18 Å². The molecule has 0 unspecified atom stereocenters. The summed E-state index contributed by atoms with van der Waals surface area (Å²) in [5.41, 5.74) is 4.02. The van der Waals surface area contributed by atoms with Crippen LogP contribution in [-0.2, 0) is 24.7 Å². The number of aryl methyl sites for hydroxylation is 2. The van der Waals surface area contributed by atoms with Gasteiger partial charge in [0.2, 0.25) is 5.91 Å². The number of carbonyl (C=O) groups is 1. The molecule has 152 valence electrons. The van der Waals surface area contributed by atoms with Gasteiger partial charge in [-0.15, -0.1) is 0 Å². The Bertz CT molecular complexity index is 1020. The van der Waals surface area contributed by atoms with Gasteiger partial charge in [0.25, 0.3) is 0 Å². The molecule has 1 aliphatic rings. The molecule has 1 N–H and O–H groups in total. The monoisotopic (exact) mass is 395 g/mol. The lowest BCUT2D eigenvalue weighted by Gasteiger charge is -2.36. The van der Waals surface area contributed by atoms with E-state index in [1.165, 1.54) is 12.1 Å². The number of halogens is 1.